The van der Waals surface area contributed by atoms with Gasteiger partial charge in [0.2, 0.25) is 0 Å². The maximum atomic E-state index is 12.1. The van der Waals surface area contributed by atoms with Gasteiger partial charge in [-0.1, -0.05) is 29.8 Å². The third-order valence-corrected chi connectivity index (χ3v) is 3.48. The molecule has 0 aliphatic rings. The van der Waals surface area contributed by atoms with Crippen LogP contribution in [0.3, 0.4) is 0 Å². The summed E-state index contributed by atoms with van der Waals surface area (Å²) in [6.07, 6.45) is 3.25. The van der Waals surface area contributed by atoms with Crippen molar-refractivity contribution >= 4 is 5.91 Å². The summed E-state index contributed by atoms with van der Waals surface area (Å²) in [6.45, 7) is 2.64. The van der Waals surface area contributed by atoms with Crippen molar-refractivity contribution in [3.05, 3.63) is 65.5 Å². The number of pyridine rings is 1. The molecule has 4 nitrogen and oxygen atoms in total. The zero-order valence-corrected chi connectivity index (χ0v) is 12.7. The Morgan fingerprint density at radius 3 is 2.33 bits per heavy atom. The number of nitrogens with zero attached hydrogens (tertiary/aromatic N) is 2. The minimum absolute atomic E-state index is 0.0728. The summed E-state index contributed by atoms with van der Waals surface area (Å²) in [5.74, 6) is -0.0728. The molecule has 1 aromatic heterocycles. The molecule has 0 saturated heterocycles. The van der Waals surface area contributed by atoms with Gasteiger partial charge in [0.25, 0.3) is 5.91 Å². The molecule has 1 unspecified atom stereocenters. The van der Waals surface area contributed by atoms with E-state index >= 15 is 0 Å². The van der Waals surface area contributed by atoms with Crippen LogP contribution in [0.1, 0.15) is 27.5 Å². The third-order valence-electron chi connectivity index (χ3n) is 3.48. The second-order valence-corrected chi connectivity index (χ2v) is 5.34. The molecule has 1 heterocycles. The molecule has 0 spiro atoms. The highest BCUT2D eigenvalue weighted by Gasteiger charge is 2.15. The Balaban J connectivity index is 2.04. The largest absolute Gasteiger partial charge is 0.350 e. The molecule has 0 radical (unpaired) electrons. The number of amides is 1. The number of aromatic nitrogens is 1. The summed E-state index contributed by atoms with van der Waals surface area (Å²) in [6, 6.07) is 12.0. The van der Waals surface area contributed by atoms with Gasteiger partial charge < -0.3 is 10.2 Å². The number of hydrogen-bond donors (Lipinski definition) is 1. The van der Waals surface area contributed by atoms with Crippen molar-refractivity contribution in [2.24, 2.45) is 0 Å². The minimum Gasteiger partial charge on any atom is -0.350 e. The van der Waals surface area contributed by atoms with Crippen LogP contribution in [0.4, 0.5) is 0 Å². The average Bonchev–Trinajstić information content (AvgIpc) is 2.49. The first kappa shape index (κ1) is 15.2. The lowest BCUT2D eigenvalue weighted by atomic mass is 10.0. The number of benzene rings is 1. The minimum atomic E-state index is -0.0728. The number of hydrogen-bond acceptors (Lipinski definition) is 3. The van der Waals surface area contributed by atoms with Crippen LogP contribution >= 0.6 is 0 Å². The highest BCUT2D eigenvalue weighted by Crippen LogP contribution is 2.18. The Labute approximate surface area is 125 Å². The highest BCUT2D eigenvalue weighted by molar-refractivity contribution is 5.93. The standard InChI is InChI=1S/C17H21N3O/c1-13-4-6-14(7-5-13)16(20(2)3)12-19-17(21)15-8-10-18-11-9-15/h4-11,16H,12H2,1-3H3,(H,19,21). The first-order valence-electron chi connectivity index (χ1n) is 6.99. The Hall–Kier alpha value is -2.20. The van der Waals surface area contributed by atoms with Crippen molar-refractivity contribution in [1.82, 2.24) is 15.2 Å². The van der Waals surface area contributed by atoms with Crippen molar-refractivity contribution in [2.75, 3.05) is 20.6 Å². The molecule has 0 aliphatic carbocycles. The lowest BCUT2D eigenvalue weighted by Crippen LogP contribution is -2.34. The molecular formula is C17H21N3O. The number of aryl methyl sites for hydroxylation is 1. The molecule has 110 valence electrons. The number of rotatable bonds is 5. The topological polar surface area (TPSA) is 45.2 Å². The summed E-state index contributed by atoms with van der Waals surface area (Å²) >= 11 is 0. The van der Waals surface area contributed by atoms with E-state index in [2.05, 4.69) is 46.4 Å². The van der Waals surface area contributed by atoms with E-state index in [0.29, 0.717) is 12.1 Å². The van der Waals surface area contributed by atoms with Gasteiger partial charge in [-0.25, -0.2) is 0 Å². The third kappa shape index (κ3) is 4.13. The lowest BCUT2D eigenvalue weighted by molar-refractivity contribution is 0.0942. The van der Waals surface area contributed by atoms with E-state index in [0.717, 1.165) is 0 Å². The fourth-order valence-electron chi connectivity index (χ4n) is 2.18. The quantitative estimate of drug-likeness (QED) is 0.916. The smallest absolute Gasteiger partial charge is 0.251 e. The van der Waals surface area contributed by atoms with Crippen LogP contribution in [0.25, 0.3) is 0 Å². The zero-order chi connectivity index (χ0) is 15.2. The fourth-order valence-corrected chi connectivity index (χ4v) is 2.18. The van der Waals surface area contributed by atoms with Crippen molar-refractivity contribution in [2.45, 2.75) is 13.0 Å². The number of carbonyl (C=O) groups excluding carboxylic acids is 1. The molecule has 2 aromatic rings. The van der Waals surface area contributed by atoms with Crippen molar-refractivity contribution in [3.63, 3.8) is 0 Å². The van der Waals surface area contributed by atoms with Gasteiger partial charge in [-0.3, -0.25) is 9.78 Å². The average molecular weight is 283 g/mol. The predicted octanol–water partition coefficient (Wildman–Crippen LogP) is 2.42. The van der Waals surface area contributed by atoms with Crippen LogP contribution in [0.2, 0.25) is 0 Å². The van der Waals surface area contributed by atoms with Crippen molar-refractivity contribution < 1.29 is 4.79 Å². The monoisotopic (exact) mass is 283 g/mol. The zero-order valence-electron chi connectivity index (χ0n) is 12.7. The Kier molecular flexibility index (Phi) is 5.06. The molecular weight excluding hydrogens is 262 g/mol. The lowest BCUT2D eigenvalue weighted by Gasteiger charge is -2.25. The van der Waals surface area contributed by atoms with Gasteiger partial charge in [0.1, 0.15) is 0 Å². The van der Waals surface area contributed by atoms with E-state index in [1.165, 1.54) is 11.1 Å². The predicted molar refractivity (Wildman–Crippen MR) is 84.2 cm³/mol. The van der Waals surface area contributed by atoms with E-state index in [1.54, 1.807) is 24.5 Å². The number of carbonyl (C=O) groups is 1. The van der Waals surface area contributed by atoms with Gasteiger partial charge in [0.15, 0.2) is 0 Å². The molecule has 1 aromatic carbocycles. The van der Waals surface area contributed by atoms with Crippen LogP contribution in [0.15, 0.2) is 48.8 Å². The molecule has 1 amide bonds. The first-order valence-corrected chi connectivity index (χ1v) is 6.99. The van der Waals surface area contributed by atoms with E-state index in [1.807, 2.05) is 14.1 Å². The molecule has 0 aliphatic heterocycles. The van der Waals surface area contributed by atoms with Crippen LogP contribution in [0, 0.1) is 6.92 Å². The van der Waals surface area contributed by atoms with E-state index in [4.69, 9.17) is 0 Å². The van der Waals surface area contributed by atoms with E-state index in [-0.39, 0.29) is 11.9 Å². The molecule has 1 N–H and O–H groups in total. The highest BCUT2D eigenvalue weighted by atomic mass is 16.1. The van der Waals surface area contributed by atoms with Crippen LogP contribution in [-0.4, -0.2) is 36.4 Å². The molecule has 0 saturated carbocycles. The van der Waals surface area contributed by atoms with Crippen molar-refractivity contribution in [1.29, 1.82) is 0 Å². The molecule has 21 heavy (non-hydrogen) atoms. The Bertz CT molecular complexity index is 579. The fraction of sp³-hybridized carbons (Fsp3) is 0.294. The van der Waals surface area contributed by atoms with Gasteiger partial charge >= 0.3 is 0 Å². The van der Waals surface area contributed by atoms with Gasteiger partial charge in [-0.2, -0.15) is 0 Å². The Morgan fingerprint density at radius 1 is 1.14 bits per heavy atom. The summed E-state index contributed by atoms with van der Waals surface area (Å²) in [7, 11) is 4.03. The second-order valence-electron chi connectivity index (χ2n) is 5.34. The Morgan fingerprint density at radius 2 is 1.76 bits per heavy atom. The van der Waals surface area contributed by atoms with Gasteiger partial charge in [-0.05, 0) is 38.7 Å². The number of likely N-dealkylation sites (N-methyl/N-ethyl adjacent to an activating group) is 1. The van der Waals surface area contributed by atoms with Gasteiger partial charge in [0, 0.05) is 24.5 Å². The molecule has 1 atom stereocenters. The summed E-state index contributed by atoms with van der Waals surface area (Å²) in [4.78, 5) is 18.1. The molecule has 0 bridgehead atoms. The van der Waals surface area contributed by atoms with Crippen LogP contribution < -0.4 is 5.32 Å². The van der Waals surface area contributed by atoms with Crippen molar-refractivity contribution in [3.8, 4) is 0 Å². The second kappa shape index (κ2) is 6.99. The summed E-state index contributed by atoms with van der Waals surface area (Å²) in [5.41, 5.74) is 3.06. The normalized spacial score (nSPS) is 12.2. The maximum Gasteiger partial charge on any atom is 0.251 e. The van der Waals surface area contributed by atoms with Gasteiger partial charge in [-0.15, -0.1) is 0 Å². The van der Waals surface area contributed by atoms with E-state index in [9.17, 15) is 4.79 Å². The van der Waals surface area contributed by atoms with Gasteiger partial charge in [0.05, 0.1) is 6.04 Å². The molecule has 4 heteroatoms. The van der Waals surface area contributed by atoms with Crippen LogP contribution in [0.5, 0.6) is 0 Å². The summed E-state index contributed by atoms with van der Waals surface area (Å²) < 4.78 is 0. The number of nitrogens with one attached hydrogen (secondary N) is 1. The molecule has 2 rings (SSSR count). The van der Waals surface area contributed by atoms with E-state index < -0.39 is 0 Å². The van der Waals surface area contributed by atoms with Crippen LogP contribution in [-0.2, 0) is 0 Å². The first-order chi connectivity index (χ1) is 10.1. The molecule has 0 fully saturated rings. The summed E-state index contributed by atoms with van der Waals surface area (Å²) in [5, 5.41) is 2.99. The SMILES string of the molecule is Cc1ccc(C(CNC(=O)c2ccncc2)N(C)C)cc1. The maximum absolute atomic E-state index is 12.1.